The minimum Gasteiger partial charge on any atom is -0.310 e. The lowest BCUT2D eigenvalue weighted by atomic mass is 9.70. The van der Waals surface area contributed by atoms with E-state index in [-0.39, 0.29) is 0 Å². The summed E-state index contributed by atoms with van der Waals surface area (Å²) in [6.07, 6.45) is 16.0. The van der Waals surface area contributed by atoms with E-state index in [4.69, 9.17) is 0 Å². The van der Waals surface area contributed by atoms with Gasteiger partial charge < -0.3 is 9.13 Å². The van der Waals surface area contributed by atoms with Crippen molar-refractivity contribution in [3.05, 3.63) is 186 Å². The number of benzene rings is 6. The SMILES string of the molecule is C1=CC2c3ccccc3-c3ccc(-n4c5c(c6cc(-c7ccc8c(c7)c7ccccc7n8-c7ccccc7)ccc64)CCC=C5)cc3C2C=C1. The van der Waals surface area contributed by atoms with Crippen molar-refractivity contribution in [2.75, 3.05) is 0 Å². The van der Waals surface area contributed by atoms with Crippen molar-refractivity contribution in [2.24, 2.45) is 0 Å². The molecule has 0 radical (unpaired) electrons. The molecule has 0 saturated heterocycles. The Morgan fingerprint density at radius 3 is 2.02 bits per heavy atom. The Kier molecular flexibility index (Phi) is 5.94. The molecule has 2 heteroatoms. The van der Waals surface area contributed by atoms with Gasteiger partial charge in [-0.15, -0.1) is 0 Å². The average Bonchev–Trinajstić information content (AvgIpc) is 3.70. The van der Waals surface area contributed by atoms with Crippen molar-refractivity contribution in [2.45, 2.75) is 24.7 Å². The predicted octanol–water partition coefficient (Wildman–Crippen LogP) is 12.3. The molecule has 0 spiro atoms. The Morgan fingerprint density at radius 2 is 1.16 bits per heavy atom. The molecule has 8 aromatic rings. The molecule has 0 N–H and O–H groups in total. The molecule has 236 valence electrons. The maximum Gasteiger partial charge on any atom is 0.0541 e. The fraction of sp³-hybridized carbons (Fsp3) is 0.0833. The molecule has 0 bridgehead atoms. The number of hydrogen-bond acceptors (Lipinski definition) is 0. The number of allylic oxidation sites excluding steroid dienone is 5. The molecule has 2 aromatic heterocycles. The fourth-order valence-corrected chi connectivity index (χ4v) is 9.15. The highest BCUT2D eigenvalue weighted by molar-refractivity contribution is 6.10. The summed E-state index contributed by atoms with van der Waals surface area (Å²) in [4.78, 5) is 0. The van der Waals surface area contributed by atoms with Crippen LogP contribution in [0.1, 0.15) is 40.6 Å². The van der Waals surface area contributed by atoms with Gasteiger partial charge >= 0.3 is 0 Å². The van der Waals surface area contributed by atoms with Gasteiger partial charge in [-0.3, -0.25) is 0 Å². The van der Waals surface area contributed by atoms with Gasteiger partial charge in [0.1, 0.15) is 0 Å². The summed E-state index contributed by atoms with van der Waals surface area (Å²) < 4.78 is 4.90. The number of hydrogen-bond donors (Lipinski definition) is 0. The number of nitrogens with zero attached hydrogens (tertiary/aromatic N) is 2. The van der Waals surface area contributed by atoms with Gasteiger partial charge in [0.2, 0.25) is 0 Å². The van der Waals surface area contributed by atoms with E-state index in [1.807, 2.05) is 0 Å². The van der Waals surface area contributed by atoms with Crippen molar-refractivity contribution >= 4 is 38.8 Å². The van der Waals surface area contributed by atoms with E-state index < -0.39 is 0 Å². The molecule has 2 nitrogen and oxygen atoms in total. The van der Waals surface area contributed by atoms with Crippen molar-refractivity contribution < 1.29 is 0 Å². The van der Waals surface area contributed by atoms with Gasteiger partial charge in [0.25, 0.3) is 0 Å². The topological polar surface area (TPSA) is 9.86 Å². The number of aromatic nitrogens is 2. The third-order valence-electron chi connectivity index (χ3n) is 11.4. The van der Waals surface area contributed by atoms with Crippen LogP contribution >= 0.6 is 0 Å². The molecule has 0 saturated carbocycles. The number of fused-ring (bicyclic) bond motifs is 12. The third kappa shape index (κ3) is 3.96. The molecule has 0 amide bonds. The molecule has 3 aliphatic carbocycles. The predicted molar refractivity (Wildman–Crippen MR) is 210 cm³/mol. The minimum absolute atomic E-state index is 0.340. The van der Waals surface area contributed by atoms with Crippen LogP contribution in [0.4, 0.5) is 0 Å². The molecule has 6 aromatic carbocycles. The van der Waals surface area contributed by atoms with Gasteiger partial charge in [0.15, 0.2) is 0 Å². The lowest BCUT2D eigenvalue weighted by Gasteiger charge is -2.34. The van der Waals surface area contributed by atoms with Crippen molar-refractivity contribution in [1.29, 1.82) is 0 Å². The molecule has 2 unspecified atom stereocenters. The third-order valence-corrected chi connectivity index (χ3v) is 11.4. The van der Waals surface area contributed by atoms with Crippen LogP contribution in [-0.4, -0.2) is 9.13 Å². The molecule has 3 aliphatic rings. The van der Waals surface area contributed by atoms with Gasteiger partial charge in [-0.2, -0.15) is 0 Å². The molecule has 0 fully saturated rings. The molecule has 0 aliphatic heterocycles. The largest absolute Gasteiger partial charge is 0.310 e. The zero-order valence-corrected chi connectivity index (χ0v) is 27.6. The highest BCUT2D eigenvalue weighted by Crippen LogP contribution is 2.50. The van der Waals surface area contributed by atoms with Gasteiger partial charge in [-0.05, 0) is 112 Å². The molecule has 2 atom stereocenters. The van der Waals surface area contributed by atoms with E-state index >= 15 is 0 Å². The summed E-state index contributed by atoms with van der Waals surface area (Å²) in [5, 5.41) is 3.92. The van der Waals surface area contributed by atoms with Crippen LogP contribution in [0, 0.1) is 0 Å². The van der Waals surface area contributed by atoms with Crippen LogP contribution in [0.3, 0.4) is 0 Å². The second-order valence-electron chi connectivity index (χ2n) is 14.0. The summed E-state index contributed by atoms with van der Waals surface area (Å²) in [6, 6.07) is 49.7. The van der Waals surface area contributed by atoms with E-state index in [0.29, 0.717) is 11.8 Å². The Labute approximate surface area is 291 Å². The highest BCUT2D eigenvalue weighted by Gasteiger charge is 2.32. The number of para-hydroxylation sites is 2. The quantitative estimate of drug-likeness (QED) is 0.182. The van der Waals surface area contributed by atoms with Crippen LogP contribution in [0.2, 0.25) is 0 Å². The second kappa shape index (κ2) is 10.7. The summed E-state index contributed by atoms with van der Waals surface area (Å²) in [6.45, 7) is 0. The van der Waals surface area contributed by atoms with E-state index in [2.05, 4.69) is 179 Å². The van der Waals surface area contributed by atoms with Crippen molar-refractivity contribution in [1.82, 2.24) is 9.13 Å². The van der Waals surface area contributed by atoms with Crippen LogP contribution < -0.4 is 0 Å². The van der Waals surface area contributed by atoms with Gasteiger partial charge in [0, 0.05) is 45.1 Å². The second-order valence-corrected chi connectivity index (χ2v) is 14.0. The first kappa shape index (κ1) is 27.8. The van der Waals surface area contributed by atoms with Crippen molar-refractivity contribution in [3.8, 4) is 33.6 Å². The van der Waals surface area contributed by atoms with Crippen LogP contribution in [0.25, 0.3) is 72.4 Å². The number of aryl methyl sites for hydroxylation is 1. The first-order valence-electron chi connectivity index (χ1n) is 17.8. The number of rotatable bonds is 3. The smallest absolute Gasteiger partial charge is 0.0541 e. The van der Waals surface area contributed by atoms with E-state index in [0.717, 1.165) is 12.8 Å². The zero-order chi connectivity index (χ0) is 32.8. The molecule has 2 heterocycles. The van der Waals surface area contributed by atoms with E-state index in [1.165, 1.54) is 88.7 Å². The van der Waals surface area contributed by atoms with Crippen LogP contribution in [0.15, 0.2) is 164 Å². The lowest BCUT2D eigenvalue weighted by molar-refractivity contribution is 0.719. The summed E-state index contributed by atoms with van der Waals surface area (Å²) in [7, 11) is 0. The Morgan fingerprint density at radius 1 is 0.480 bits per heavy atom. The first-order chi connectivity index (χ1) is 24.8. The Hall–Kier alpha value is -6.12. The molecular weight excluding hydrogens is 605 g/mol. The summed E-state index contributed by atoms with van der Waals surface area (Å²) in [5.74, 6) is 0.711. The van der Waals surface area contributed by atoms with E-state index in [1.54, 1.807) is 0 Å². The molecule has 50 heavy (non-hydrogen) atoms. The van der Waals surface area contributed by atoms with Gasteiger partial charge in [-0.1, -0.05) is 109 Å². The first-order valence-corrected chi connectivity index (χ1v) is 17.8. The minimum atomic E-state index is 0.340. The maximum atomic E-state index is 2.51. The van der Waals surface area contributed by atoms with Crippen LogP contribution in [0.5, 0.6) is 0 Å². The highest BCUT2D eigenvalue weighted by atomic mass is 15.0. The lowest BCUT2D eigenvalue weighted by Crippen LogP contribution is -2.17. The van der Waals surface area contributed by atoms with Gasteiger partial charge in [-0.25, -0.2) is 0 Å². The van der Waals surface area contributed by atoms with Crippen molar-refractivity contribution in [3.63, 3.8) is 0 Å². The monoisotopic (exact) mass is 638 g/mol. The van der Waals surface area contributed by atoms with Gasteiger partial charge in [0.05, 0.1) is 16.6 Å². The standard InChI is InChI=1S/C48H34N2/c1-2-12-33(13-3-1)49-45-20-10-8-18-40(45)43-28-31(22-26-47(43)49)32-23-27-48-44(29-32)41-19-9-11-21-46(41)50(48)34-24-25-39-37-16-5-4-14-35(37)36-15-6-7-17-38(36)42(39)30-34/h1-8,10-18,20-30,36,38H,9,19H2. The Balaban J connectivity index is 1.08. The van der Waals surface area contributed by atoms with Crippen LogP contribution in [-0.2, 0) is 6.42 Å². The molecular formula is C48H34N2. The van der Waals surface area contributed by atoms with E-state index in [9.17, 15) is 0 Å². The average molecular weight is 639 g/mol. The summed E-state index contributed by atoms with van der Waals surface area (Å²) in [5.41, 5.74) is 17.0. The normalized spacial score (nSPS) is 17.2. The fourth-order valence-electron chi connectivity index (χ4n) is 9.15. The zero-order valence-electron chi connectivity index (χ0n) is 27.6. The molecule has 11 rings (SSSR count). The Bertz CT molecular complexity index is 2770. The maximum absolute atomic E-state index is 2.51. The summed E-state index contributed by atoms with van der Waals surface area (Å²) >= 11 is 0.